The van der Waals surface area contributed by atoms with Gasteiger partial charge in [-0.05, 0) is 25.6 Å². The van der Waals surface area contributed by atoms with E-state index < -0.39 is 0 Å². The molecule has 1 saturated heterocycles. The molecule has 0 spiro atoms. The fraction of sp³-hybridized carbons (Fsp3) is 0.583. The van der Waals surface area contributed by atoms with Gasteiger partial charge in [-0.1, -0.05) is 13.8 Å². The van der Waals surface area contributed by atoms with Crippen LogP contribution in [-0.4, -0.2) is 22.4 Å². The standard InChI is InChI=1S/C12H17BN2O3/c1-11(2)8-13(18-12(11,3)4)9-7-14-6-5-10(9)15(16)17/h5-7H,8H2,1-4H3. The lowest BCUT2D eigenvalue weighted by Crippen LogP contribution is -2.36. The van der Waals surface area contributed by atoms with Crippen LogP contribution in [0.25, 0.3) is 0 Å². The van der Waals surface area contributed by atoms with Crippen LogP contribution in [0.5, 0.6) is 0 Å². The number of hydrogen-bond acceptors (Lipinski definition) is 4. The van der Waals surface area contributed by atoms with E-state index in [2.05, 4.69) is 18.8 Å². The third kappa shape index (κ3) is 2.01. The molecule has 0 bridgehead atoms. The summed E-state index contributed by atoms with van der Waals surface area (Å²) in [6, 6.07) is 1.43. The summed E-state index contributed by atoms with van der Waals surface area (Å²) in [4.78, 5) is 14.6. The molecule has 0 atom stereocenters. The molecule has 96 valence electrons. The van der Waals surface area contributed by atoms with Crippen LogP contribution in [-0.2, 0) is 4.65 Å². The maximum absolute atomic E-state index is 11.0. The van der Waals surface area contributed by atoms with Crippen molar-refractivity contribution >= 4 is 18.1 Å². The van der Waals surface area contributed by atoms with Crippen LogP contribution < -0.4 is 5.46 Å². The predicted molar refractivity (Wildman–Crippen MR) is 70.0 cm³/mol. The Morgan fingerprint density at radius 2 is 2.11 bits per heavy atom. The van der Waals surface area contributed by atoms with Gasteiger partial charge in [0.15, 0.2) is 0 Å². The zero-order valence-corrected chi connectivity index (χ0v) is 11.1. The van der Waals surface area contributed by atoms with E-state index in [9.17, 15) is 10.1 Å². The van der Waals surface area contributed by atoms with Crippen molar-refractivity contribution in [1.29, 1.82) is 0 Å². The average Bonchev–Trinajstić information content (AvgIpc) is 2.48. The van der Waals surface area contributed by atoms with Gasteiger partial charge in [-0.3, -0.25) is 15.1 Å². The van der Waals surface area contributed by atoms with Gasteiger partial charge in [-0.15, -0.1) is 0 Å². The molecule has 1 aromatic heterocycles. The maximum atomic E-state index is 11.0. The van der Waals surface area contributed by atoms with E-state index in [1.165, 1.54) is 12.3 Å². The minimum absolute atomic E-state index is 0.0264. The average molecular weight is 248 g/mol. The zero-order chi connectivity index (χ0) is 13.6. The molecule has 18 heavy (non-hydrogen) atoms. The molecule has 1 fully saturated rings. The highest BCUT2D eigenvalue weighted by molar-refractivity contribution is 6.69. The lowest BCUT2D eigenvalue weighted by Gasteiger charge is -2.34. The van der Waals surface area contributed by atoms with Crippen LogP contribution >= 0.6 is 0 Å². The van der Waals surface area contributed by atoms with Gasteiger partial charge < -0.3 is 4.65 Å². The molecule has 1 aliphatic rings. The molecule has 1 aromatic rings. The van der Waals surface area contributed by atoms with E-state index in [4.69, 9.17) is 4.65 Å². The number of nitrogens with zero attached hydrogens (tertiary/aromatic N) is 2. The van der Waals surface area contributed by atoms with E-state index in [0.29, 0.717) is 5.46 Å². The maximum Gasteiger partial charge on any atom is 0.336 e. The largest absolute Gasteiger partial charge is 0.425 e. The molecular formula is C12H17BN2O3. The van der Waals surface area contributed by atoms with Gasteiger partial charge in [-0.2, -0.15) is 0 Å². The lowest BCUT2D eigenvalue weighted by molar-refractivity contribution is -0.383. The summed E-state index contributed by atoms with van der Waals surface area (Å²) >= 11 is 0. The van der Waals surface area contributed by atoms with E-state index >= 15 is 0 Å². The fourth-order valence-electron chi connectivity index (χ4n) is 2.25. The topological polar surface area (TPSA) is 65.3 Å². The molecule has 0 aliphatic carbocycles. The van der Waals surface area contributed by atoms with Crippen molar-refractivity contribution in [3.05, 3.63) is 28.6 Å². The highest BCUT2D eigenvalue weighted by Crippen LogP contribution is 2.45. The Balaban J connectivity index is 2.38. The van der Waals surface area contributed by atoms with Crippen LogP contribution in [0.1, 0.15) is 27.7 Å². The molecule has 6 heteroatoms. The number of pyridine rings is 1. The summed E-state index contributed by atoms with van der Waals surface area (Å²) in [6.07, 6.45) is 3.74. The molecule has 0 unspecified atom stereocenters. The predicted octanol–water partition coefficient (Wildman–Crippen LogP) is 2.02. The molecule has 0 amide bonds. The molecule has 0 saturated carbocycles. The second-order valence-electron chi connectivity index (χ2n) is 5.90. The number of hydrogen-bond donors (Lipinski definition) is 0. The molecule has 5 nitrogen and oxygen atoms in total. The second kappa shape index (κ2) is 4.05. The molecular weight excluding hydrogens is 231 g/mol. The van der Waals surface area contributed by atoms with Crippen LogP contribution in [0.2, 0.25) is 6.32 Å². The summed E-state index contributed by atoms with van der Waals surface area (Å²) < 4.78 is 6.00. The third-order valence-electron chi connectivity index (χ3n) is 4.13. The third-order valence-corrected chi connectivity index (χ3v) is 4.13. The summed E-state index contributed by atoms with van der Waals surface area (Å²) in [5.41, 5.74) is 0.326. The van der Waals surface area contributed by atoms with Crippen LogP contribution in [0.4, 0.5) is 5.69 Å². The number of aromatic nitrogens is 1. The van der Waals surface area contributed by atoms with Gasteiger partial charge in [0.05, 0.1) is 10.5 Å². The van der Waals surface area contributed by atoms with Crippen molar-refractivity contribution in [3.63, 3.8) is 0 Å². The van der Waals surface area contributed by atoms with E-state index in [-0.39, 0.29) is 28.5 Å². The van der Waals surface area contributed by atoms with Gasteiger partial charge in [-0.25, -0.2) is 0 Å². The normalized spacial score (nSPS) is 21.0. The highest BCUT2D eigenvalue weighted by Gasteiger charge is 2.51. The Hall–Kier alpha value is -1.43. The van der Waals surface area contributed by atoms with Crippen molar-refractivity contribution in [2.45, 2.75) is 39.6 Å². The van der Waals surface area contributed by atoms with Crippen molar-refractivity contribution in [1.82, 2.24) is 4.98 Å². The number of rotatable bonds is 2. The first kappa shape index (κ1) is 13.0. The Morgan fingerprint density at radius 3 is 2.61 bits per heavy atom. The fourth-order valence-corrected chi connectivity index (χ4v) is 2.25. The highest BCUT2D eigenvalue weighted by atomic mass is 16.6. The number of nitro groups is 1. The first-order valence-corrected chi connectivity index (χ1v) is 6.01. The van der Waals surface area contributed by atoms with E-state index in [1.54, 1.807) is 6.20 Å². The minimum atomic E-state index is -0.376. The molecule has 2 heterocycles. The molecule has 0 radical (unpaired) electrons. The van der Waals surface area contributed by atoms with Gasteiger partial charge in [0.2, 0.25) is 0 Å². The summed E-state index contributed by atoms with van der Waals surface area (Å²) in [7, 11) is 0. The molecule has 1 aliphatic heterocycles. The summed E-state index contributed by atoms with van der Waals surface area (Å²) in [5, 5.41) is 11.0. The minimum Gasteiger partial charge on any atom is -0.425 e. The summed E-state index contributed by atoms with van der Waals surface area (Å²) in [5.74, 6) is 0. The van der Waals surface area contributed by atoms with Crippen molar-refractivity contribution in [3.8, 4) is 0 Å². The zero-order valence-electron chi connectivity index (χ0n) is 11.1. The van der Waals surface area contributed by atoms with Crippen LogP contribution in [0.15, 0.2) is 18.5 Å². The molecule has 0 aromatic carbocycles. The van der Waals surface area contributed by atoms with Crippen LogP contribution in [0.3, 0.4) is 0 Å². The first-order valence-electron chi connectivity index (χ1n) is 6.01. The molecule has 2 rings (SSSR count). The smallest absolute Gasteiger partial charge is 0.336 e. The Labute approximate surface area is 107 Å². The SMILES string of the molecule is CC1(C)CB(c2cnccc2[N+](=O)[O-])OC1(C)C. The van der Waals surface area contributed by atoms with Gasteiger partial charge >= 0.3 is 6.92 Å². The van der Waals surface area contributed by atoms with Crippen molar-refractivity contribution in [2.75, 3.05) is 0 Å². The monoisotopic (exact) mass is 248 g/mol. The van der Waals surface area contributed by atoms with E-state index in [0.717, 1.165) is 6.32 Å². The second-order valence-corrected chi connectivity index (χ2v) is 5.90. The lowest BCUT2D eigenvalue weighted by atomic mass is 9.54. The molecule has 0 N–H and O–H groups in total. The Morgan fingerprint density at radius 1 is 1.44 bits per heavy atom. The van der Waals surface area contributed by atoms with Gasteiger partial charge in [0, 0.05) is 23.9 Å². The van der Waals surface area contributed by atoms with Gasteiger partial charge in [0.1, 0.15) is 0 Å². The van der Waals surface area contributed by atoms with Crippen molar-refractivity contribution < 1.29 is 9.58 Å². The first-order chi connectivity index (χ1) is 8.24. The van der Waals surface area contributed by atoms with Crippen LogP contribution in [0, 0.1) is 15.5 Å². The quantitative estimate of drug-likeness (QED) is 0.456. The van der Waals surface area contributed by atoms with Crippen molar-refractivity contribution in [2.24, 2.45) is 5.41 Å². The van der Waals surface area contributed by atoms with E-state index in [1.807, 2.05) is 13.8 Å². The Bertz CT molecular complexity index is 472. The summed E-state index contributed by atoms with van der Waals surface area (Å²) in [6.45, 7) is 8.03. The van der Waals surface area contributed by atoms with Gasteiger partial charge in [0.25, 0.3) is 5.69 Å². The Kier molecular flexibility index (Phi) is 2.93.